The second-order valence-corrected chi connectivity index (χ2v) is 4.97. The van der Waals surface area contributed by atoms with Gasteiger partial charge >= 0.3 is 5.97 Å². The molecule has 0 unspecified atom stereocenters. The van der Waals surface area contributed by atoms with Crippen molar-refractivity contribution in [3.8, 4) is 17.4 Å². The first-order valence-corrected chi connectivity index (χ1v) is 7.25. The Bertz CT molecular complexity index is 798. The molecule has 0 aliphatic carbocycles. The van der Waals surface area contributed by atoms with Gasteiger partial charge in [-0.3, -0.25) is 0 Å². The van der Waals surface area contributed by atoms with Crippen LogP contribution in [-0.2, 0) is 4.74 Å². The SMILES string of the molecule is CCOC(=O)c1ccc(-c2ccc(C=C(C#N)C(N)=S)o2)cc1. The standard InChI is InChI=1S/C17H14N2O3S/c1-2-21-17(20)12-5-3-11(4-6-12)15-8-7-14(22-15)9-13(10-18)16(19)23/h3-9H,2H2,1H3,(H2,19,23). The lowest BCUT2D eigenvalue weighted by Gasteiger charge is -2.02. The summed E-state index contributed by atoms with van der Waals surface area (Å²) < 4.78 is 10.6. The fourth-order valence-electron chi connectivity index (χ4n) is 1.87. The van der Waals surface area contributed by atoms with E-state index in [1.807, 2.05) is 6.07 Å². The van der Waals surface area contributed by atoms with Gasteiger partial charge < -0.3 is 14.9 Å². The molecule has 0 saturated heterocycles. The molecule has 2 N–H and O–H groups in total. The summed E-state index contributed by atoms with van der Waals surface area (Å²) in [5, 5.41) is 8.94. The number of esters is 1. The smallest absolute Gasteiger partial charge is 0.338 e. The van der Waals surface area contributed by atoms with Crippen LogP contribution in [-0.4, -0.2) is 17.6 Å². The molecule has 0 bridgehead atoms. The predicted molar refractivity (Wildman–Crippen MR) is 90.5 cm³/mol. The lowest BCUT2D eigenvalue weighted by atomic mass is 10.1. The third-order valence-electron chi connectivity index (χ3n) is 2.98. The molecule has 0 aliphatic rings. The Hall–Kier alpha value is -2.91. The molecule has 0 spiro atoms. The molecule has 1 aromatic heterocycles. The van der Waals surface area contributed by atoms with E-state index in [4.69, 9.17) is 32.4 Å². The van der Waals surface area contributed by atoms with E-state index in [2.05, 4.69) is 0 Å². The van der Waals surface area contributed by atoms with Gasteiger partial charge in [-0.25, -0.2) is 4.79 Å². The van der Waals surface area contributed by atoms with E-state index < -0.39 is 0 Å². The molecule has 5 nitrogen and oxygen atoms in total. The van der Waals surface area contributed by atoms with Gasteiger partial charge in [-0.15, -0.1) is 0 Å². The van der Waals surface area contributed by atoms with Crippen molar-refractivity contribution in [1.82, 2.24) is 0 Å². The third-order valence-corrected chi connectivity index (χ3v) is 3.20. The number of carbonyl (C=O) groups excluding carboxylic acids is 1. The Kier molecular flexibility index (Phi) is 5.28. The van der Waals surface area contributed by atoms with Crippen molar-refractivity contribution >= 4 is 29.3 Å². The van der Waals surface area contributed by atoms with E-state index in [9.17, 15) is 4.79 Å². The number of nitrogens with two attached hydrogens (primary N) is 1. The number of nitrogens with zero attached hydrogens (tertiary/aromatic N) is 1. The molecule has 23 heavy (non-hydrogen) atoms. The molecule has 0 atom stereocenters. The Morgan fingerprint density at radius 1 is 1.35 bits per heavy atom. The maximum atomic E-state index is 11.6. The zero-order chi connectivity index (χ0) is 16.8. The zero-order valence-corrected chi connectivity index (χ0v) is 13.2. The Balaban J connectivity index is 2.23. The summed E-state index contributed by atoms with van der Waals surface area (Å²) in [5.41, 5.74) is 6.89. The van der Waals surface area contributed by atoms with Crippen LogP contribution in [0.4, 0.5) is 0 Å². The van der Waals surface area contributed by atoms with E-state index >= 15 is 0 Å². The Labute approximate surface area is 139 Å². The van der Waals surface area contributed by atoms with Crippen LogP contribution in [0.2, 0.25) is 0 Å². The van der Waals surface area contributed by atoms with Crippen molar-refractivity contribution in [2.24, 2.45) is 5.73 Å². The molecule has 0 fully saturated rings. The largest absolute Gasteiger partial charge is 0.462 e. The quantitative estimate of drug-likeness (QED) is 0.392. The zero-order valence-electron chi connectivity index (χ0n) is 12.4. The van der Waals surface area contributed by atoms with Crippen LogP contribution < -0.4 is 5.73 Å². The molecule has 116 valence electrons. The summed E-state index contributed by atoms with van der Waals surface area (Å²) >= 11 is 4.78. The number of hydrogen-bond acceptors (Lipinski definition) is 5. The van der Waals surface area contributed by atoms with E-state index in [1.54, 1.807) is 43.3 Å². The van der Waals surface area contributed by atoms with Crippen molar-refractivity contribution in [1.29, 1.82) is 5.26 Å². The Morgan fingerprint density at radius 3 is 2.61 bits per heavy atom. The number of nitriles is 1. The highest BCUT2D eigenvalue weighted by Gasteiger charge is 2.09. The summed E-state index contributed by atoms with van der Waals surface area (Å²) in [5.74, 6) is 0.711. The summed E-state index contributed by atoms with van der Waals surface area (Å²) in [7, 11) is 0. The second-order valence-electron chi connectivity index (χ2n) is 4.53. The maximum Gasteiger partial charge on any atom is 0.338 e. The van der Waals surface area contributed by atoms with Crippen LogP contribution >= 0.6 is 12.2 Å². The average molecular weight is 326 g/mol. The maximum absolute atomic E-state index is 11.6. The van der Waals surface area contributed by atoms with Crippen LogP contribution in [0.1, 0.15) is 23.0 Å². The number of furan rings is 1. The van der Waals surface area contributed by atoms with Crippen LogP contribution in [0.5, 0.6) is 0 Å². The average Bonchev–Trinajstić information content (AvgIpc) is 3.01. The highest BCUT2D eigenvalue weighted by atomic mass is 32.1. The summed E-state index contributed by atoms with van der Waals surface area (Å²) in [4.78, 5) is 11.6. The van der Waals surface area contributed by atoms with Crippen LogP contribution in [0.3, 0.4) is 0 Å². The molecule has 1 heterocycles. The number of rotatable bonds is 5. The predicted octanol–water partition coefficient (Wildman–Crippen LogP) is 3.32. The minimum atomic E-state index is -0.364. The molecule has 0 aliphatic heterocycles. The van der Waals surface area contributed by atoms with Gasteiger partial charge in [0, 0.05) is 11.6 Å². The van der Waals surface area contributed by atoms with E-state index in [0.717, 1.165) is 5.56 Å². The number of ether oxygens (including phenoxy) is 1. The number of benzene rings is 1. The lowest BCUT2D eigenvalue weighted by Crippen LogP contribution is -2.09. The van der Waals surface area contributed by atoms with Gasteiger partial charge in [0.15, 0.2) is 0 Å². The molecule has 0 saturated carbocycles. The molecule has 2 aromatic rings. The van der Waals surface area contributed by atoms with Gasteiger partial charge in [-0.2, -0.15) is 5.26 Å². The first kappa shape index (κ1) is 16.5. The van der Waals surface area contributed by atoms with Crippen molar-refractivity contribution in [2.45, 2.75) is 6.92 Å². The highest BCUT2D eigenvalue weighted by Crippen LogP contribution is 2.24. The summed E-state index contributed by atoms with van der Waals surface area (Å²) in [6, 6.07) is 12.2. The van der Waals surface area contributed by atoms with Crippen molar-refractivity contribution in [3.63, 3.8) is 0 Å². The fraction of sp³-hybridized carbons (Fsp3) is 0.118. The third kappa shape index (κ3) is 4.05. The first-order valence-electron chi connectivity index (χ1n) is 6.84. The number of thiocarbonyl (C=S) groups is 1. The van der Waals surface area contributed by atoms with E-state index in [1.165, 1.54) is 6.08 Å². The molecule has 2 rings (SSSR count). The topological polar surface area (TPSA) is 89.2 Å². The van der Waals surface area contributed by atoms with E-state index in [0.29, 0.717) is 23.7 Å². The van der Waals surface area contributed by atoms with Gasteiger partial charge in [-0.1, -0.05) is 24.4 Å². The molecular weight excluding hydrogens is 312 g/mol. The molecule has 0 radical (unpaired) electrons. The monoisotopic (exact) mass is 326 g/mol. The normalized spacial score (nSPS) is 10.9. The van der Waals surface area contributed by atoms with Crippen LogP contribution in [0.15, 0.2) is 46.4 Å². The van der Waals surface area contributed by atoms with Gasteiger partial charge in [0.1, 0.15) is 22.6 Å². The fourth-order valence-corrected chi connectivity index (χ4v) is 1.98. The first-order chi connectivity index (χ1) is 11.0. The molecule has 0 amide bonds. The summed E-state index contributed by atoms with van der Waals surface area (Å²) in [6.07, 6.45) is 1.48. The van der Waals surface area contributed by atoms with E-state index in [-0.39, 0.29) is 16.5 Å². The Morgan fingerprint density at radius 2 is 2.04 bits per heavy atom. The van der Waals surface area contributed by atoms with Crippen molar-refractivity contribution < 1.29 is 13.9 Å². The van der Waals surface area contributed by atoms with Gasteiger partial charge in [0.05, 0.1) is 17.7 Å². The number of hydrogen-bond donors (Lipinski definition) is 1. The van der Waals surface area contributed by atoms with Gasteiger partial charge in [0.2, 0.25) is 0 Å². The lowest BCUT2D eigenvalue weighted by molar-refractivity contribution is 0.0526. The molecular formula is C17H14N2O3S. The summed E-state index contributed by atoms with van der Waals surface area (Å²) in [6.45, 7) is 2.09. The van der Waals surface area contributed by atoms with Crippen molar-refractivity contribution in [3.05, 3.63) is 53.3 Å². The van der Waals surface area contributed by atoms with Gasteiger partial charge in [0.25, 0.3) is 0 Å². The number of carbonyl (C=O) groups is 1. The minimum absolute atomic E-state index is 0.0178. The van der Waals surface area contributed by atoms with Crippen LogP contribution in [0, 0.1) is 11.3 Å². The minimum Gasteiger partial charge on any atom is -0.462 e. The van der Waals surface area contributed by atoms with Crippen molar-refractivity contribution in [2.75, 3.05) is 6.61 Å². The van der Waals surface area contributed by atoms with Crippen LogP contribution in [0.25, 0.3) is 17.4 Å². The molecule has 6 heteroatoms. The highest BCUT2D eigenvalue weighted by molar-refractivity contribution is 7.80. The molecule has 1 aromatic carbocycles. The second kappa shape index (κ2) is 7.38. The van der Waals surface area contributed by atoms with Gasteiger partial charge in [-0.05, 0) is 31.2 Å².